The number of likely N-dealkylation sites (tertiary alicyclic amines) is 1. The molecule has 8 heteroatoms. The molecule has 0 aromatic heterocycles. The highest BCUT2D eigenvalue weighted by atomic mass is 16.6. The molecule has 2 fully saturated rings. The first-order chi connectivity index (χ1) is 12.2. The molecular weight excluding hydrogens is 340 g/mol. The molecule has 8 nitrogen and oxygen atoms in total. The van der Waals surface area contributed by atoms with Crippen molar-refractivity contribution in [3.05, 3.63) is 0 Å². The Bertz CT molecular complexity index is 455. The van der Waals surface area contributed by atoms with Crippen molar-refractivity contribution in [3.8, 4) is 0 Å². The number of carbonyl (C=O) groups excluding carboxylic acids is 1. The summed E-state index contributed by atoms with van der Waals surface area (Å²) in [5, 5.41) is 3.26. The Labute approximate surface area is 156 Å². The minimum atomic E-state index is -0.548. The molecule has 0 saturated carbocycles. The van der Waals surface area contributed by atoms with Crippen LogP contribution < -0.4 is 5.32 Å². The van der Waals surface area contributed by atoms with Gasteiger partial charge in [0.05, 0.1) is 18.8 Å². The van der Waals surface area contributed by atoms with Crippen LogP contribution in [0.2, 0.25) is 0 Å². The number of ether oxygens (including phenoxy) is 5. The summed E-state index contributed by atoms with van der Waals surface area (Å²) in [5.74, 6) is 0. The van der Waals surface area contributed by atoms with E-state index in [1.54, 1.807) is 21.3 Å². The van der Waals surface area contributed by atoms with Crippen LogP contribution in [0.3, 0.4) is 0 Å². The molecule has 2 rings (SSSR count). The second-order valence-electron chi connectivity index (χ2n) is 8.10. The maximum atomic E-state index is 13.0. The molecule has 2 aliphatic heterocycles. The highest BCUT2D eigenvalue weighted by molar-refractivity contribution is 5.60. The molecule has 2 heterocycles. The number of hydrogen-bond acceptors (Lipinski definition) is 7. The van der Waals surface area contributed by atoms with Crippen LogP contribution in [0.25, 0.3) is 0 Å². The molecule has 1 amide bonds. The van der Waals surface area contributed by atoms with Crippen LogP contribution in [0, 0.1) is 0 Å². The Balaban J connectivity index is 2.05. The van der Waals surface area contributed by atoms with Crippen molar-refractivity contribution in [1.82, 2.24) is 5.32 Å². The molecule has 0 aromatic rings. The van der Waals surface area contributed by atoms with Crippen molar-refractivity contribution in [1.29, 1.82) is 0 Å². The normalized spacial score (nSPS) is 35.0. The molecule has 5 atom stereocenters. The van der Waals surface area contributed by atoms with E-state index >= 15 is 0 Å². The molecule has 0 aromatic carbocycles. The van der Waals surface area contributed by atoms with E-state index in [-0.39, 0.29) is 35.0 Å². The largest absolute Gasteiger partial charge is 0.516 e. The van der Waals surface area contributed by atoms with Crippen LogP contribution in [-0.4, -0.2) is 101 Å². The smallest absolute Gasteiger partial charge is 0.414 e. The van der Waals surface area contributed by atoms with Crippen molar-refractivity contribution in [2.45, 2.75) is 50.8 Å². The first-order valence-corrected chi connectivity index (χ1v) is 9.25. The van der Waals surface area contributed by atoms with Gasteiger partial charge in [0.25, 0.3) is 0 Å². The van der Waals surface area contributed by atoms with Crippen molar-refractivity contribution in [2.24, 2.45) is 0 Å². The number of nitrogens with zero attached hydrogens (tertiary/aromatic N) is 1. The van der Waals surface area contributed by atoms with Gasteiger partial charge in [0.15, 0.2) is 0 Å². The van der Waals surface area contributed by atoms with Crippen molar-refractivity contribution in [3.63, 3.8) is 0 Å². The molecule has 152 valence electrons. The van der Waals surface area contributed by atoms with Gasteiger partial charge in [-0.15, -0.1) is 0 Å². The third-order valence-electron chi connectivity index (χ3n) is 5.12. The minimum Gasteiger partial charge on any atom is -0.414 e. The third-order valence-corrected chi connectivity index (χ3v) is 5.12. The van der Waals surface area contributed by atoms with Gasteiger partial charge in [-0.25, -0.2) is 4.48 Å². The van der Waals surface area contributed by atoms with Gasteiger partial charge >= 0.3 is 6.09 Å². The van der Waals surface area contributed by atoms with Gasteiger partial charge in [-0.3, -0.25) is 0 Å². The average Bonchev–Trinajstić information content (AvgIpc) is 3.17. The van der Waals surface area contributed by atoms with Crippen molar-refractivity contribution < 1.29 is 33.0 Å². The predicted molar refractivity (Wildman–Crippen MR) is 96.1 cm³/mol. The molecule has 1 N–H and O–H groups in total. The fourth-order valence-corrected chi connectivity index (χ4v) is 3.64. The Kier molecular flexibility index (Phi) is 7.41. The fraction of sp³-hybridized carbons (Fsp3) is 0.944. The maximum Gasteiger partial charge on any atom is 0.516 e. The van der Waals surface area contributed by atoms with Crippen LogP contribution in [0.5, 0.6) is 0 Å². The zero-order chi connectivity index (χ0) is 19.4. The lowest BCUT2D eigenvalue weighted by Crippen LogP contribution is -2.56. The van der Waals surface area contributed by atoms with E-state index in [2.05, 4.69) is 5.32 Å². The molecule has 0 bridgehead atoms. The summed E-state index contributed by atoms with van der Waals surface area (Å²) >= 11 is 0. The summed E-state index contributed by atoms with van der Waals surface area (Å²) in [6, 6.07) is 0. The standard InChI is InChI=1S/C18H35N2O6/c1-18(2,3)26-17(21)20(11-15(23-5)16(12-20)24-6)7-8-25-14-10-19-9-13(14)22-4/h13-16,19H,7-12H2,1-6H3/q+1/t13-,14+,15-,16+,20?/m0/s1. The molecule has 26 heavy (non-hydrogen) atoms. The summed E-state index contributed by atoms with van der Waals surface area (Å²) in [5.41, 5.74) is -0.548. The lowest BCUT2D eigenvalue weighted by molar-refractivity contribution is -0.849. The van der Waals surface area contributed by atoms with Crippen LogP contribution in [0.4, 0.5) is 4.79 Å². The lowest BCUT2D eigenvalue weighted by Gasteiger charge is -2.33. The van der Waals surface area contributed by atoms with Gasteiger partial charge < -0.3 is 29.0 Å². The number of methoxy groups -OCH3 is 3. The van der Waals surface area contributed by atoms with Crippen molar-refractivity contribution in [2.75, 3.05) is 60.7 Å². The van der Waals surface area contributed by atoms with Gasteiger partial charge in [-0.2, -0.15) is 4.79 Å². The SMILES string of the molecule is CO[C@H]1C[N+](CCO[C@@H]2CNC[C@@H]2OC)(C(=O)OC(C)(C)C)C[C@H]1OC. The maximum absolute atomic E-state index is 13.0. The molecule has 2 aliphatic rings. The van der Waals surface area contributed by atoms with E-state index in [4.69, 9.17) is 23.7 Å². The van der Waals surface area contributed by atoms with E-state index in [1.165, 1.54) is 0 Å². The summed E-state index contributed by atoms with van der Waals surface area (Å²) in [7, 11) is 4.99. The zero-order valence-electron chi connectivity index (χ0n) is 16.9. The van der Waals surface area contributed by atoms with Gasteiger partial charge in [0.2, 0.25) is 0 Å². The number of quaternary nitrogens is 1. The highest BCUT2D eigenvalue weighted by Crippen LogP contribution is 2.27. The number of hydrogen-bond donors (Lipinski definition) is 1. The molecule has 1 unspecified atom stereocenters. The summed E-state index contributed by atoms with van der Waals surface area (Å²) in [6.07, 6.45) is -0.505. The van der Waals surface area contributed by atoms with Crippen molar-refractivity contribution >= 4 is 6.09 Å². The Hall–Kier alpha value is -0.770. The summed E-state index contributed by atoms with van der Waals surface area (Å²) in [4.78, 5) is 13.0. The van der Waals surface area contributed by atoms with Gasteiger partial charge in [-0.05, 0) is 20.8 Å². The van der Waals surface area contributed by atoms with E-state index in [0.717, 1.165) is 13.1 Å². The average molecular weight is 375 g/mol. The monoisotopic (exact) mass is 375 g/mol. The number of rotatable bonds is 7. The van der Waals surface area contributed by atoms with Gasteiger partial charge in [-0.1, -0.05) is 0 Å². The highest BCUT2D eigenvalue weighted by Gasteiger charge is 2.53. The molecule has 0 radical (unpaired) electrons. The Morgan fingerprint density at radius 1 is 0.962 bits per heavy atom. The van der Waals surface area contributed by atoms with Crippen LogP contribution in [0.15, 0.2) is 0 Å². The van der Waals surface area contributed by atoms with E-state index in [9.17, 15) is 4.79 Å². The first kappa shape index (κ1) is 21.5. The lowest BCUT2D eigenvalue weighted by atomic mass is 10.2. The minimum absolute atomic E-state index is 0.00210. The predicted octanol–water partition coefficient (Wildman–Crippen LogP) is 0.785. The molecule has 0 spiro atoms. The molecule has 0 aliphatic carbocycles. The van der Waals surface area contributed by atoms with E-state index in [0.29, 0.717) is 26.2 Å². The first-order valence-electron chi connectivity index (χ1n) is 9.25. The topological polar surface area (TPSA) is 75.2 Å². The van der Waals surface area contributed by atoms with E-state index < -0.39 is 5.60 Å². The Morgan fingerprint density at radius 3 is 2.00 bits per heavy atom. The fourth-order valence-electron chi connectivity index (χ4n) is 3.64. The molecule has 2 saturated heterocycles. The van der Waals surface area contributed by atoms with Gasteiger partial charge in [0.1, 0.15) is 37.4 Å². The second kappa shape index (κ2) is 8.95. The number of carbonyl (C=O) groups is 1. The summed E-state index contributed by atoms with van der Waals surface area (Å²) in [6.45, 7) is 9.17. The van der Waals surface area contributed by atoms with E-state index in [1.807, 2.05) is 20.8 Å². The second-order valence-corrected chi connectivity index (χ2v) is 8.10. The summed E-state index contributed by atoms with van der Waals surface area (Å²) < 4.78 is 28.4. The zero-order valence-corrected chi connectivity index (χ0v) is 16.9. The van der Waals surface area contributed by atoms with Crippen LogP contribution >= 0.6 is 0 Å². The van der Waals surface area contributed by atoms with Crippen LogP contribution in [-0.2, 0) is 23.7 Å². The number of amides is 1. The van der Waals surface area contributed by atoms with Gasteiger partial charge in [0, 0.05) is 34.4 Å². The third kappa shape index (κ3) is 5.15. The van der Waals surface area contributed by atoms with Crippen LogP contribution in [0.1, 0.15) is 20.8 Å². The molecular formula is C18H35N2O6+. The quantitative estimate of drug-likeness (QED) is 0.659. The Morgan fingerprint density at radius 2 is 1.50 bits per heavy atom. The number of nitrogens with one attached hydrogen (secondary N) is 1.